The van der Waals surface area contributed by atoms with Gasteiger partial charge in [0.2, 0.25) is 5.91 Å². The SMILES string of the molecule is CNC(=O)[C@H](Nc1nc2c(s1)c(C)nn2C)c1ccccc1. The van der Waals surface area contributed by atoms with Crippen LogP contribution in [0.15, 0.2) is 30.3 Å². The Hall–Kier alpha value is -2.41. The summed E-state index contributed by atoms with van der Waals surface area (Å²) in [6, 6.07) is 9.13. The van der Waals surface area contributed by atoms with Crippen molar-refractivity contribution >= 4 is 32.7 Å². The van der Waals surface area contributed by atoms with Gasteiger partial charge in [0.15, 0.2) is 10.8 Å². The van der Waals surface area contributed by atoms with E-state index in [2.05, 4.69) is 20.7 Å². The molecular formula is C15H17N5OS. The van der Waals surface area contributed by atoms with Crippen molar-refractivity contribution in [2.45, 2.75) is 13.0 Å². The lowest BCUT2D eigenvalue weighted by Crippen LogP contribution is -2.30. The number of amides is 1. The van der Waals surface area contributed by atoms with Gasteiger partial charge in [-0.15, -0.1) is 0 Å². The van der Waals surface area contributed by atoms with E-state index < -0.39 is 6.04 Å². The zero-order valence-corrected chi connectivity index (χ0v) is 13.4. The van der Waals surface area contributed by atoms with Crippen molar-refractivity contribution in [2.24, 2.45) is 7.05 Å². The van der Waals surface area contributed by atoms with Gasteiger partial charge < -0.3 is 10.6 Å². The Bertz CT molecular complexity index is 774. The van der Waals surface area contributed by atoms with Crippen LogP contribution in [0.25, 0.3) is 10.3 Å². The minimum absolute atomic E-state index is 0.0969. The first kappa shape index (κ1) is 14.5. The molecule has 0 fully saturated rings. The average molecular weight is 315 g/mol. The van der Waals surface area contributed by atoms with Crippen LogP contribution in [-0.4, -0.2) is 27.7 Å². The molecule has 0 bridgehead atoms. The third kappa shape index (κ3) is 2.55. The van der Waals surface area contributed by atoms with Crippen molar-refractivity contribution in [3.05, 3.63) is 41.6 Å². The van der Waals surface area contributed by atoms with E-state index in [0.717, 1.165) is 21.6 Å². The molecule has 3 aromatic rings. The second kappa shape index (κ2) is 5.76. The van der Waals surface area contributed by atoms with Crippen LogP contribution in [0.2, 0.25) is 0 Å². The lowest BCUT2D eigenvalue weighted by molar-refractivity contribution is -0.121. The summed E-state index contributed by atoms with van der Waals surface area (Å²) in [5, 5.41) is 11.0. The van der Waals surface area contributed by atoms with Crippen molar-refractivity contribution in [1.82, 2.24) is 20.1 Å². The van der Waals surface area contributed by atoms with Gasteiger partial charge in [0, 0.05) is 14.1 Å². The van der Waals surface area contributed by atoms with E-state index in [1.807, 2.05) is 44.3 Å². The number of benzene rings is 1. The number of carbonyl (C=O) groups excluding carboxylic acids is 1. The van der Waals surface area contributed by atoms with Crippen LogP contribution in [0.1, 0.15) is 17.3 Å². The summed E-state index contributed by atoms with van der Waals surface area (Å²) >= 11 is 1.51. The molecule has 114 valence electrons. The monoisotopic (exact) mass is 315 g/mol. The fourth-order valence-corrected chi connectivity index (χ4v) is 3.32. The summed E-state index contributed by atoms with van der Waals surface area (Å²) in [5.41, 5.74) is 2.67. The van der Waals surface area contributed by atoms with E-state index >= 15 is 0 Å². The fraction of sp³-hybridized carbons (Fsp3) is 0.267. The van der Waals surface area contributed by atoms with Crippen molar-refractivity contribution in [3.8, 4) is 0 Å². The fourth-order valence-electron chi connectivity index (χ4n) is 2.36. The van der Waals surface area contributed by atoms with Gasteiger partial charge in [-0.1, -0.05) is 41.7 Å². The summed E-state index contributed by atoms with van der Waals surface area (Å²) in [4.78, 5) is 16.7. The van der Waals surface area contributed by atoms with E-state index in [9.17, 15) is 4.79 Å². The maximum atomic E-state index is 12.2. The summed E-state index contributed by atoms with van der Waals surface area (Å²) < 4.78 is 2.79. The zero-order chi connectivity index (χ0) is 15.7. The largest absolute Gasteiger partial charge is 0.357 e. The lowest BCUT2D eigenvalue weighted by atomic mass is 10.1. The molecule has 0 aliphatic rings. The van der Waals surface area contributed by atoms with Crippen LogP contribution in [0, 0.1) is 6.92 Å². The smallest absolute Gasteiger partial charge is 0.246 e. The number of rotatable bonds is 4. The number of hydrogen-bond acceptors (Lipinski definition) is 5. The van der Waals surface area contributed by atoms with Gasteiger partial charge in [-0.3, -0.25) is 4.79 Å². The number of carbonyl (C=O) groups is 1. The molecule has 1 aromatic carbocycles. The second-order valence-electron chi connectivity index (χ2n) is 4.98. The summed E-state index contributed by atoms with van der Waals surface area (Å²) in [6.45, 7) is 1.96. The van der Waals surface area contributed by atoms with Crippen LogP contribution in [0.5, 0.6) is 0 Å². The predicted octanol–water partition coefficient (Wildman–Crippen LogP) is 2.24. The van der Waals surface area contributed by atoms with Crippen molar-refractivity contribution in [2.75, 3.05) is 12.4 Å². The first-order valence-corrected chi connectivity index (χ1v) is 7.75. The van der Waals surface area contributed by atoms with E-state index in [-0.39, 0.29) is 5.91 Å². The molecule has 0 saturated carbocycles. The normalized spacial score (nSPS) is 12.3. The standard InChI is InChI=1S/C15H17N5OS/c1-9-12-13(20(3)19-9)18-15(22-12)17-11(14(21)16-2)10-7-5-4-6-8-10/h4-8,11H,1-3H3,(H,16,21)(H,17,18)/t11-/m1/s1. The molecule has 0 aliphatic carbocycles. The molecule has 22 heavy (non-hydrogen) atoms. The number of hydrogen-bond donors (Lipinski definition) is 2. The molecule has 0 spiro atoms. The zero-order valence-electron chi connectivity index (χ0n) is 12.6. The molecule has 3 rings (SSSR count). The Kier molecular flexibility index (Phi) is 3.81. The first-order valence-electron chi connectivity index (χ1n) is 6.93. The molecule has 1 amide bonds. The minimum Gasteiger partial charge on any atom is -0.357 e. The highest BCUT2D eigenvalue weighted by molar-refractivity contribution is 7.22. The Balaban J connectivity index is 1.95. The number of anilines is 1. The van der Waals surface area contributed by atoms with Gasteiger partial charge in [-0.25, -0.2) is 9.67 Å². The molecule has 1 atom stereocenters. The average Bonchev–Trinajstić information content (AvgIpc) is 3.06. The Morgan fingerprint density at radius 2 is 2.05 bits per heavy atom. The highest BCUT2D eigenvalue weighted by Gasteiger charge is 2.21. The molecule has 2 aromatic heterocycles. The summed E-state index contributed by atoms with van der Waals surface area (Å²) in [6.07, 6.45) is 0. The number of nitrogens with zero attached hydrogens (tertiary/aromatic N) is 3. The molecule has 0 radical (unpaired) electrons. The molecule has 6 nitrogen and oxygen atoms in total. The van der Waals surface area contributed by atoms with E-state index in [1.165, 1.54) is 11.3 Å². The third-order valence-corrected chi connectivity index (χ3v) is 4.54. The van der Waals surface area contributed by atoms with Gasteiger partial charge in [0.05, 0.1) is 10.4 Å². The number of likely N-dealkylation sites (N-methyl/N-ethyl adjacent to an activating group) is 1. The van der Waals surface area contributed by atoms with Crippen LogP contribution in [-0.2, 0) is 11.8 Å². The Morgan fingerprint density at radius 3 is 2.68 bits per heavy atom. The molecule has 7 heteroatoms. The van der Waals surface area contributed by atoms with Gasteiger partial charge in [-0.05, 0) is 12.5 Å². The number of aromatic nitrogens is 3. The van der Waals surface area contributed by atoms with Crippen LogP contribution >= 0.6 is 11.3 Å². The van der Waals surface area contributed by atoms with Crippen LogP contribution in [0.4, 0.5) is 5.13 Å². The topological polar surface area (TPSA) is 71.8 Å². The Labute approximate surface area is 132 Å². The molecule has 0 unspecified atom stereocenters. The highest BCUT2D eigenvalue weighted by atomic mass is 32.1. The van der Waals surface area contributed by atoms with Crippen molar-refractivity contribution in [1.29, 1.82) is 0 Å². The van der Waals surface area contributed by atoms with Gasteiger partial charge in [-0.2, -0.15) is 5.10 Å². The number of thiazole rings is 1. The molecule has 2 heterocycles. The van der Waals surface area contributed by atoms with E-state index in [1.54, 1.807) is 11.7 Å². The van der Waals surface area contributed by atoms with Crippen LogP contribution in [0.3, 0.4) is 0 Å². The van der Waals surface area contributed by atoms with E-state index in [0.29, 0.717) is 5.13 Å². The first-order chi connectivity index (χ1) is 10.6. The number of fused-ring (bicyclic) bond motifs is 1. The maximum absolute atomic E-state index is 12.2. The number of aryl methyl sites for hydroxylation is 2. The second-order valence-corrected chi connectivity index (χ2v) is 5.98. The van der Waals surface area contributed by atoms with Gasteiger partial charge >= 0.3 is 0 Å². The highest BCUT2D eigenvalue weighted by Crippen LogP contribution is 2.30. The number of nitrogens with one attached hydrogen (secondary N) is 2. The summed E-state index contributed by atoms with van der Waals surface area (Å²) in [5.74, 6) is -0.0969. The third-order valence-electron chi connectivity index (χ3n) is 3.45. The van der Waals surface area contributed by atoms with Crippen molar-refractivity contribution in [3.63, 3.8) is 0 Å². The summed E-state index contributed by atoms with van der Waals surface area (Å²) in [7, 11) is 3.50. The predicted molar refractivity (Wildman–Crippen MR) is 88.0 cm³/mol. The van der Waals surface area contributed by atoms with Crippen molar-refractivity contribution < 1.29 is 4.79 Å². The molecular weight excluding hydrogens is 298 g/mol. The molecule has 0 aliphatic heterocycles. The van der Waals surface area contributed by atoms with Gasteiger partial charge in [0.25, 0.3) is 0 Å². The molecule has 0 saturated heterocycles. The maximum Gasteiger partial charge on any atom is 0.246 e. The lowest BCUT2D eigenvalue weighted by Gasteiger charge is -2.16. The molecule has 2 N–H and O–H groups in total. The quantitative estimate of drug-likeness (QED) is 0.774. The van der Waals surface area contributed by atoms with Crippen LogP contribution < -0.4 is 10.6 Å². The Morgan fingerprint density at radius 1 is 1.32 bits per heavy atom. The van der Waals surface area contributed by atoms with Gasteiger partial charge in [0.1, 0.15) is 6.04 Å². The minimum atomic E-state index is -0.472. The van der Waals surface area contributed by atoms with E-state index in [4.69, 9.17) is 0 Å².